The summed E-state index contributed by atoms with van der Waals surface area (Å²) in [6, 6.07) is 12.0. The molecule has 0 unspecified atom stereocenters. The lowest BCUT2D eigenvalue weighted by molar-refractivity contribution is 0.911. The Bertz CT molecular complexity index is 811. The Morgan fingerprint density at radius 3 is 2.71 bits per heavy atom. The van der Waals surface area contributed by atoms with Crippen molar-refractivity contribution in [3.63, 3.8) is 0 Å². The molecule has 0 radical (unpaired) electrons. The van der Waals surface area contributed by atoms with E-state index in [1.165, 1.54) is 5.56 Å². The number of hydrogen-bond acceptors (Lipinski definition) is 1. The van der Waals surface area contributed by atoms with Crippen LogP contribution in [0.5, 0.6) is 0 Å². The van der Waals surface area contributed by atoms with E-state index < -0.39 is 0 Å². The van der Waals surface area contributed by atoms with Gasteiger partial charge in [0.25, 0.3) is 0 Å². The van der Waals surface area contributed by atoms with E-state index in [0.717, 1.165) is 27.0 Å². The van der Waals surface area contributed by atoms with Crippen LogP contribution >= 0.6 is 39.1 Å². The zero-order valence-electron chi connectivity index (χ0n) is 11.4. The van der Waals surface area contributed by atoms with E-state index in [1.807, 2.05) is 24.3 Å². The van der Waals surface area contributed by atoms with Gasteiger partial charge in [-0.3, -0.25) is 4.57 Å². The van der Waals surface area contributed by atoms with Crippen molar-refractivity contribution < 1.29 is 0 Å². The van der Waals surface area contributed by atoms with Crippen molar-refractivity contribution in [1.82, 2.24) is 9.55 Å². The second-order valence-corrected chi connectivity index (χ2v) is 6.54. The number of hydrogen-bond donors (Lipinski definition) is 0. The van der Waals surface area contributed by atoms with Gasteiger partial charge in [-0.25, -0.2) is 4.98 Å². The fraction of sp³-hybridized carbons (Fsp3) is 0.188. The molecule has 108 valence electrons. The van der Waals surface area contributed by atoms with Gasteiger partial charge in [0.15, 0.2) is 0 Å². The molecule has 1 aromatic heterocycles. The number of benzene rings is 2. The highest BCUT2D eigenvalue weighted by Gasteiger charge is 2.13. The van der Waals surface area contributed by atoms with Gasteiger partial charge in [-0.2, -0.15) is 0 Å². The van der Waals surface area contributed by atoms with Crippen molar-refractivity contribution in [2.24, 2.45) is 0 Å². The van der Waals surface area contributed by atoms with Crippen LogP contribution in [0.2, 0.25) is 5.02 Å². The monoisotopic (exact) mass is 382 g/mol. The average molecular weight is 384 g/mol. The number of nitrogens with zero attached hydrogens (tertiary/aromatic N) is 2. The predicted molar refractivity (Wildman–Crippen MR) is 92.9 cm³/mol. The molecule has 21 heavy (non-hydrogen) atoms. The van der Waals surface area contributed by atoms with Crippen LogP contribution in [0.3, 0.4) is 0 Å². The van der Waals surface area contributed by atoms with Gasteiger partial charge in [0.2, 0.25) is 0 Å². The second-order valence-electron chi connectivity index (χ2n) is 4.87. The van der Waals surface area contributed by atoms with Crippen LogP contribution in [0.25, 0.3) is 16.7 Å². The molecule has 3 rings (SSSR count). The lowest BCUT2D eigenvalue weighted by Crippen LogP contribution is -2.02. The predicted octanol–water partition coefficient (Wildman–Crippen LogP) is 5.53. The van der Waals surface area contributed by atoms with Crippen LogP contribution in [-0.2, 0) is 6.42 Å². The number of alkyl halides is 1. The number of aromatic nitrogens is 2. The van der Waals surface area contributed by atoms with E-state index >= 15 is 0 Å². The molecular weight excluding hydrogens is 371 g/mol. The lowest BCUT2D eigenvalue weighted by atomic mass is 10.2. The van der Waals surface area contributed by atoms with Crippen LogP contribution in [0, 0.1) is 6.92 Å². The Balaban J connectivity index is 2.29. The molecule has 0 aliphatic carbocycles. The minimum absolute atomic E-state index is 0.534. The van der Waals surface area contributed by atoms with E-state index in [0.29, 0.717) is 17.3 Å². The molecule has 0 fully saturated rings. The maximum absolute atomic E-state index is 6.15. The van der Waals surface area contributed by atoms with Crippen LogP contribution in [0.1, 0.15) is 11.4 Å². The minimum atomic E-state index is 0.534. The highest BCUT2D eigenvalue weighted by atomic mass is 79.9. The summed E-state index contributed by atoms with van der Waals surface area (Å²) in [6.07, 6.45) is 0.711. The lowest BCUT2D eigenvalue weighted by Gasteiger charge is -2.10. The second kappa shape index (κ2) is 5.99. The summed E-state index contributed by atoms with van der Waals surface area (Å²) < 4.78 is 3.22. The van der Waals surface area contributed by atoms with E-state index in [4.69, 9.17) is 23.2 Å². The highest BCUT2D eigenvalue weighted by Crippen LogP contribution is 2.27. The van der Waals surface area contributed by atoms with E-state index in [9.17, 15) is 0 Å². The van der Waals surface area contributed by atoms with Gasteiger partial charge < -0.3 is 0 Å². The topological polar surface area (TPSA) is 17.8 Å². The number of fused-ring (bicyclic) bond motifs is 1. The Labute approximate surface area is 141 Å². The molecule has 3 aromatic rings. The number of rotatable bonds is 3. The zero-order valence-corrected chi connectivity index (χ0v) is 14.5. The fourth-order valence-electron chi connectivity index (χ4n) is 2.41. The van der Waals surface area contributed by atoms with Gasteiger partial charge in [0.1, 0.15) is 5.82 Å². The van der Waals surface area contributed by atoms with Crippen molar-refractivity contribution in [1.29, 1.82) is 0 Å². The largest absolute Gasteiger partial charge is 0.296 e. The van der Waals surface area contributed by atoms with Crippen LogP contribution in [-0.4, -0.2) is 15.4 Å². The van der Waals surface area contributed by atoms with Crippen LogP contribution in [0.15, 0.2) is 40.9 Å². The SMILES string of the molecule is Cc1cc(-n2c(CCCl)nc3ccc(Cl)cc32)ccc1Br. The van der Waals surface area contributed by atoms with Crippen molar-refractivity contribution >= 4 is 50.2 Å². The van der Waals surface area contributed by atoms with Gasteiger partial charge in [-0.05, 0) is 48.9 Å². The highest BCUT2D eigenvalue weighted by molar-refractivity contribution is 9.10. The molecule has 0 spiro atoms. The summed E-state index contributed by atoms with van der Waals surface area (Å²) in [5, 5.41) is 0.704. The van der Waals surface area contributed by atoms with Crippen molar-refractivity contribution in [2.75, 3.05) is 5.88 Å². The minimum Gasteiger partial charge on any atom is -0.296 e. The average Bonchev–Trinajstić information content (AvgIpc) is 2.80. The molecule has 0 saturated heterocycles. The molecule has 0 N–H and O–H groups in total. The summed E-state index contributed by atoms with van der Waals surface area (Å²) >= 11 is 15.6. The third kappa shape index (κ3) is 2.83. The van der Waals surface area contributed by atoms with Gasteiger partial charge in [0.05, 0.1) is 11.0 Å². The maximum Gasteiger partial charge on any atom is 0.115 e. The smallest absolute Gasteiger partial charge is 0.115 e. The summed E-state index contributed by atoms with van der Waals surface area (Å²) in [5.74, 6) is 1.48. The first kappa shape index (κ1) is 14.9. The first-order valence-electron chi connectivity index (χ1n) is 6.59. The van der Waals surface area contributed by atoms with E-state index in [-0.39, 0.29) is 0 Å². The summed E-state index contributed by atoms with van der Waals surface area (Å²) in [4.78, 5) is 4.68. The first-order chi connectivity index (χ1) is 10.1. The Kier molecular flexibility index (Phi) is 4.25. The molecule has 0 aliphatic rings. The fourth-order valence-corrected chi connectivity index (χ4v) is 2.99. The molecule has 2 nitrogen and oxygen atoms in total. The van der Waals surface area contributed by atoms with Gasteiger partial charge in [0, 0.05) is 27.5 Å². The number of imidazole rings is 1. The summed E-state index contributed by atoms with van der Waals surface area (Å²) in [7, 11) is 0. The molecule has 0 atom stereocenters. The maximum atomic E-state index is 6.15. The molecule has 0 amide bonds. The Morgan fingerprint density at radius 2 is 2.00 bits per heavy atom. The van der Waals surface area contributed by atoms with Gasteiger partial charge in [-0.15, -0.1) is 11.6 Å². The molecule has 0 aliphatic heterocycles. The third-order valence-electron chi connectivity index (χ3n) is 3.40. The van der Waals surface area contributed by atoms with Crippen molar-refractivity contribution in [3.05, 3.63) is 57.3 Å². The van der Waals surface area contributed by atoms with Crippen LogP contribution in [0.4, 0.5) is 0 Å². The zero-order chi connectivity index (χ0) is 15.0. The summed E-state index contributed by atoms with van der Waals surface area (Å²) in [5.41, 5.74) is 4.18. The van der Waals surface area contributed by atoms with Crippen molar-refractivity contribution in [2.45, 2.75) is 13.3 Å². The molecule has 0 saturated carbocycles. The van der Waals surface area contributed by atoms with Gasteiger partial charge in [-0.1, -0.05) is 27.5 Å². The molecule has 5 heteroatoms. The Morgan fingerprint density at radius 1 is 1.19 bits per heavy atom. The molecule has 1 heterocycles. The van der Waals surface area contributed by atoms with E-state index in [2.05, 4.69) is 44.5 Å². The quantitative estimate of drug-likeness (QED) is 0.543. The number of halogens is 3. The molecular formula is C16H13BrCl2N2. The first-order valence-corrected chi connectivity index (χ1v) is 8.30. The van der Waals surface area contributed by atoms with E-state index in [1.54, 1.807) is 0 Å². The van der Waals surface area contributed by atoms with Crippen molar-refractivity contribution in [3.8, 4) is 5.69 Å². The Hall–Kier alpha value is -1.03. The number of aryl methyl sites for hydroxylation is 2. The standard InChI is InChI=1S/C16H13BrCl2N2/c1-10-8-12(3-4-13(10)17)21-15-9-11(19)2-5-14(15)20-16(21)6-7-18/h2-5,8-9H,6-7H2,1H3. The third-order valence-corrected chi connectivity index (χ3v) is 4.72. The molecule has 0 bridgehead atoms. The normalized spacial score (nSPS) is 11.2. The summed E-state index contributed by atoms with van der Waals surface area (Å²) in [6.45, 7) is 2.07. The van der Waals surface area contributed by atoms with Crippen LogP contribution < -0.4 is 0 Å². The van der Waals surface area contributed by atoms with Gasteiger partial charge >= 0.3 is 0 Å². The molecule has 2 aromatic carbocycles.